The van der Waals surface area contributed by atoms with Crippen molar-refractivity contribution in [2.24, 2.45) is 0 Å². The lowest BCUT2D eigenvalue weighted by Gasteiger charge is -2.44. The maximum absolute atomic E-state index is 14.2. The molecule has 0 spiro atoms. The summed E-state index contributed by atoms with van der Waals surface area (Å²) in [6.45, 7) is 2.74. The number of ether oxygens (including phenoxy) is 1. The van der Waals surface area contributed by atoms with Crippen molar-refractivity contribution in [1.82, 2.24) is 10.2 Å². The van der Waals surface area contributed by atoms with Gasteiger partial charge in [0.05, 0.1) is 27.7 Å². The average Bonchev–Trinajstić information content (AvgIpc) is 3.75. The van der Waals surface area contributed by atoms with E-state index in [4.69, 9.17) is 29.2 Å². The van der Waals surface area contributed by atoms with Crippen LogP contribution in [0.4, 0.5) is 0 Å². The Morgan fingerprint density at radius 2 is 1.16 bits per heavy atom. The number of hydrogen-bond acceptors (Lipinski definition) is 7. The molecule has 5 nitrogen and oxygen atoms in total. The molecule has 61 heavy (non-hydrogen) atoms. The molecule has 0 fully saturated rings. The van der Waals surface area contributed by atoms with E-state index in [2.05, 4.69) is 114 Å². The zero-order chi connectivity index (χ0) is 41.4. The Balaban J connectivity index is 0.882. The largest absolute Gasteiger partial charge is 0.494 e. The molecule has 1 N–H and O–H groups in total. The summed E-state index contributed by atoms with van der Waals surface area (Å²) in [5.41, 5.74) is 17.0. The number of rotatable bonds is 8. The molecule has 0 amide bonds. The Hall–Kier alpha value is -6.02. The summed E-state index contributed by atoms with van der Waals surface area (Å²) in [7, 11) is 0. The second kappa shape index (κ2) is 15.2. The van der Waals surface area contributed by atoms with Crippen LogP contribution in [-0.2, 0) is 9.59 Å². The number of carbonyl (C=O) groups is 2. The molecule has 5 aromatic carbocycles. The monoisotopic (exact) mass is 832 g/mol. The molecular weight excluding hydrogens is 789 g/mol. The Labute approximate surface area is 367 Å². The molecule has 6 aliphatic rings. The van der Waals surface area contributed by atoms with Gasteiger partial charge in [-0.05, 0) is 67.0 Å². The minimum Gasteiger partial charge on any atom is -0.494 e. The number of fused-ring (bicyclic) bond motifs is 4. The number of benzene rings is 5. The summed E-state index contributed by atoms with van der Waals surface area (Å²) in [6, 6.07) is 44.2. The van der Waals surface area contributed by atoms with E-state index in [1.807, 2.05) is 30.3 Å². The van der Waals surface area contributed by atoms with Crippen molar-refractivity contribution < 1.29 is 14.3 Å². The van der Waals surface area contributed by atoms with Crippen LogP contribution in [-0.4, -0.2) is 38.8 Å². The normalized spacial score (nSPS) is 20.8. The minimum atomic E-state index is -0.226. The second-order valence-corrected chi connectivity index (χ2v) is 17.8. The van der Waals surface area contributed by atoms with Crippen molar-refractivity contribution in [3.8, 4) is 16.9 Å². The van der Waals surface area contributed by atoms with E-state index < -0.39 is 0 Å². The topological polar surface area (TPSA) is 58.6 Å². The Kier molecular flexibility index (Phi) is 9.43. The number of dihydropyridines is 1. The Morgan fingerprint density at radius 1 is 0.607 bits per heavy atom. The predicted molar refractivity (Wildman–Crippen MR) is 250 cm³/mol. The van der Waals surface area contributed by atoms with Gasteiger partial charge in [-0.2, -0.15) is 0 Å². The smallest absolute Gasteiger partial charge is 0.161 e. The molecule has 0 saturated carbocycles. The molecule has 0 bridgehead atoms. The maximum atomic E-state index is 14.2. The minimum absolute atomic E-state index is 0.0308. The quantitative estimate of drug-likeness (QED) is 0.156. The summed E-state index contributed by atoms with van der Waals surface area (Å²) >= 11 is 12.4. The van der Waals surface area contributed by atoms with Gasteiger partial charge in [-0.3, -0.25) is 9.59 Å². The highest BCUT2D eigenvalue weighted by molar-refractivity contribution is 7.81. The van der Waals surface area contributed by atoms with Gasteiger partial charge < -0.3 is 15.0 Å². The van der Waals surface area contributed by atoms with E-state index in [1.165, 1.54) is 5.56 Å². The fraction of sp³-hybridized carbons (Fsp3) is 0.222. The molecule has 0 saturated heterocycles. The second-order valence-electron chi connectivity index (χ2n) is 17.0. The molecule has 0 aromatic heterocycles. The lowest BCUT2D eigenvalue weighted by molar-refractivity contribution is -0.117. The maximum Gasteiger partial charge on any atom is 0.161 e. The van der Waals surface area contributed by atoms with E-state index in [0.29, 0.717) is 19.4 Å². The zero-order valence-electron chi connectivity index (χ0n) is 34.0. The molecule has 4 aliphatic carbocycles. The van der Waals surface area contributed by atoms with E-state index in [1.54, 1.807) is 0 Å². The van der Waals surface area contributed by atoms with Gasteiger partial charge in [0.2, 0.25) is 0 Å². The van der Waals surface area contributed by atoms with Crippen molar-refractivity contribution in [2.45, 2.75) is 69.7 Å². The number of carbonyl (C=O) groups excluding carboxylic acids is 2. The van der Waals surface area contributed by atoms with Crippen LogP contribution >= 0.6 is 24.4 Å². The third-order valence-electron chi connectivity index (χ3n) is 13.5. The third kappa shape index (κ3) is 6.15. The van der Waals surface area contributed by atoms with Crippen LogP contribution < -0.4 is 10.1 Å². The summed E-state index contributed by atoms with van der Waals surface area (Å²) in [6.07, 6.45) is 5.20. The lowest BCUT2D eigenvalue weighted by Crippen LogP contribution is -2.40. The highest BCUT2D eigenvalue weighted by Crippen LogP contribution is 2.54. The molecule has 3 unspecified atom stereocenters. The van der Waals surface area contributed by atoms with E-state index >= 15 is 0 Å². The van der Waals surface area contributed by atoms with Gasteiger partial charge in [-0.25, -0.2) is 0 Å². The number of hydrogen-bond donors (Lipinski definition) is 1. The van der Waals surface area contributed by atoms with Crippen molar-refractivity contribution >= 4 is 57.1 Å². The van der Waals surface area contributed by atoms with Gasteiger partial charge in [-0.1, -0.05) is 140 Å². The molecule has 11 rings (SSSR count). The first-order chi connectivity index (χ1) is 29.9. The SMILES string of the molecule is CC(CCOc1ccc(C2C3=C(CCCC3=O)NC3=C2C(=S)c2ccccc23)cc1)N1C2=C(C(=O)CCC2)C(c2ccc(-c3ccccc3)cc2)C2=C1c1ccccc1C2=S. The van der Waals surface area contributed by atoms with E-state index in [9.17, 15) is 9.59 Å². The highest BCUT2D eigenvalue weighted by atomic mass is 32.1. The van der Waals surface area contributed by atoms with Crippen LogP contribution in [0.5, 0.6) is 5.75 Å². The first-order valence-corrected chi connectivity index (χ1v) is 22.4. The first-order valence-electron chi connectivity index (χ1n) is 21.6. The number of nitrogens with one attached hydrogen (secondary N) is 1. The van der Waals surface area contributed by atoms with Crippen LogP contribution in [0.2, 0.25) is 0 Å². The average molecular weight is 833 g/mol. The summed E-state index contributed by atoms with van der Waals surface area (Å²) in [5.74, 6) is 0.745. The van der Waals surface area contributed by atoms with Crippen molar-refractivity contribution in [2.75, 3.05) is 6.61 Å². The van der Waals surface area contributed by atoms with Gasteiger partial charge in [0.1, 0.15) is 5.75 Å². The molecule has 7 heteroatoms. The lowest BCUT2D eigenvalue weighted by atomic mass is 9.74. The van der Waals surface area contributed by atoms with E-state index in [0.717, 1.165) is 132 Å². The van der Waals surface area contributed by atoms with Crippen LogP contribution in [0.3, 0.4) is 0 Å². The summed E-state index contributed by atoms with van der Waals surface area (Å²) < 4.78 is 6.51. The number of nitrogens with zero attached hydrogens (tertiary/aromatic N) is 1. The van der Waals surface area contributed by atoms with Gasteiger partial charge in [0.25, 0.3) is 0 Å². The van der Waals surface area contributed by atoms with Crippen molar-refractivity contribution in [3.05, 3.63) is 194 Å². The Bertz CT molecular complexity index is 2850. The molecule has 2 aliphatic heterocycles. The third-order valence-corrected chi connectivity index (χ3v) is 14.4. The van der Waals surface area contributed by atoms with Crippen LogP contribution in [0, 0.1) is 0 Å². The first kappa shape index (κ1) is 37.9. The molecule has 2 heterocycles. The van der Waals surface area contributed by atoms with Crippen LogP contribution in [0.1, 0.15) is 97.1 Å². The highest BCUT2D eigenvalue weighted by Gasteiger charge is 2.47. The van der Waals surface area contributed by atoms with Crippen molar-refractivity contribution in [1.29, 1.82) is 0 Å². The van der Waals surface area contributed by atoms with Crippen LogP contribution in [0.25, 0.3) is 22.5 Å². The predicted octanol–water partition coefficient (Wildman–Crippen LogP) is 11.6. The molecule has 0 radical (unpaired) electrons. The zero-order valence-corrected chi connectivity index (χ0v) is 35.6. The number of thiocarbonyl (C=S) groups is 2. The van der Waals surface area contributed by atoms with Gasteiger partial charge in [0.15, 0.2) is 11.6 Å². The number of allylic oxidation sites excluding steroid dienone is 6. The van der Waals surface area contributed by atoms with Gasteiger partial charge in [0, 0.05) is 93.1 Å². The number of Topliss-reactive ketones (excluding diaryl/α,β-unsaturated/α-hetero) is 2. The van der Waals surface area contributed by atoms with Crippen LogP contribution in [0.15, 0.2) is 161 Å². The van der Waals surface area contributed by atoms with E-state index in [-0.39, 0.29) is 29.4 Å². The molecule has 300 valence electrons. The van der Waals surface area contributed by atoms with Crippen molar-refractivity contribution in [3.63, 3.8) is 0 Å². The fourth-order valence-corrected chi connectivity index (χ4v) is 11.5. The number of ketones is 2. The molecule has 3 atom stereocenters. The standard InChI is InChI=1S/C54H44N2O3S2/c1-31(29-30-59-36-27-25-35(26-28-36)45-47-41(17-9-19-43(47)57)55-51-37-13-5-7-15-39(37)53(60)49(45)51)56-42-18-10-20-44(58)48(42)46(50-52(56)38-14-6-8-16-40(38)54(50)61)34-23-21-33(22-24-34)32-11-3-2-4-12-32/h2-8,11-16,21-28,31,45-46,55H,9-10,17-20,29-30H2,1H3. The van der Waals surface area contributed by atoms with Gasteiger partial charge in [-0.15, -0.1) is 0 Å². The van der Waals surface area contributed by atoms with Gasteiger partial charge >= 0.3 is 0 Å². The Morgan fingerprint density at radius 3 is 1.89 bits per heavy atom. The molecule has 5 aromatic rings. The molecular formula is C54H44N2O3S2. The summed E-state index contributed by atoms with van der Waals surface area (Å²) in [4.78, 5) is 31.9. The summed E-state index contributed by atoms with van der Waals surface area (Å²) in [5, 5.41) is 3.66. The fourth-order valence-electron chi connectivity index (χ4n) is 10.7.